The van der Waals surface area contributed by atoms with E-state index < -0.39 is 12.0 Å². The number of carbonyl (C=O) groups is 1. The van der Waals surface area contributed by atoms with Crippen LogP contribution in [-0.4, -0.2) is 59.2 Å². The van der Waals surface area contributed by atoms with E-state index in [1.54, 1.807) is 12.1 Å². The van der Waals surface area contributed by atoms with Crippen LogP contribution >= 0.6 is 23.2 Å². The molecular formula is C28H30Cl2N2O3. The maximum Gasteiger partial charge on any atom is 0.325 e. The van der Waals surface area contributed by atoms with Crippen molar-refractivity contribution in [3.05, 3.63) is 76.3 Å². The normalized spacial score (nSPS) is 19.6. The van der Waals surface area contributed by atoms with E-state index in [1.807, 2.05) is 42.5 Å². The number of hydrogen-bond acceptors (Lipinski definition) is 4. The molecule has 3 aromatic rings. The number of benzene rings is 3. The lowest BCUT2D eigenvalue weighted by atomic mass is 9.95. The standard InChI is InChI=1S/C28H30Cl2N2O3/c29-25-8-7-24(18-26(25)30)35-23-11-15-31(16-12-23)22-9-13-32(14-10-22)27(28(33)34)21-6-5-19-3-1-2-4-20(19)17-21/h1-8,17-18,22-23,27H,9-16H2,(H,33,34). The van der Waals surface area contributed by atoms with E-state index in [9.17, 15) is 9.90 Å². The van der Waals surface area contributed by atoms with Crippen molar-refractivity contribution in [1.29, 1.82) is 0 Å². The van der Waals surface area contributed by atoms with Crippen molar-refractivity contribution in [2.24, 2.45) is 0 Å². The topological polar surface area (TPSA) is 53.0 Å². The van der Waals surface area contributed by atoms with Gasteiger partial charge in [-0.2, -0.15) is 0 Å². The van der Waals surface area contributed by atoms with Gasteiger partial charge in [0.1, 0.15) is 17.9 Å². The average molecular weight is 513 g/mol. The number of nitrogens with zero attached hydrogens (tertiary/aromatic N) is 2. The fourth-order valence-corrected chi connectivity index (χ4v) is 5.79. The molecule has 0 amide bonds. The quantitative estimate of drug-likeness (QED) is 0.421. The molecule has 35 heavy (non-hydrogen) atoms. The lowest BCUT2D eigenvalue weighted by Gasteiger charge is -2.43. The van der Waals surface area contributed by atoms with Crippen LogP contribution < -0.4 is 4.74 Å². The molecule has 2 fully saturated rings. The predicted molar refractivity (Wildman–Crippen MR) is 141 cm³/mol. The van der Waals surface area contributed by atoms with Gasteiger partial charge >= 0.3 is 5.97 Å². The van der Waals surface area contributed by atoms with Crippen molar-refractivity contribution in [3.63, 3.8) is 0 Å². The second-order valence-corrected chi connectivity index (χ2v) is 10.4. The van der Waals surface area contributed by atoms with Crippen molar-refractivity contribution in [2.45, 2.75) is 43.9 Å². The van der Waals surface area contributed by atoms with Gasteiger partial charge in [0.2, 0.25) is 0 Å². The summed E-state index contributed by atoms with van der Waals surface area (Å²) < 4.78 is 6.14. The van der Waals surface area contributed by atoms with E-state index in [1.165, 1.54) is 0 Å². The zero-order valence-corrected chi connectivity index (χ0v) is 21.1. The maximum atomic E-state index is 12.3. The number of fused-ring (bicyclic) bond motifs is 1. The average Bonchev–Trinajstić information content (AvgIpc) is 2.87. The highest BCUT2D eigenvalue weighted by Gasteiger charge is 2.34. The van der Waals surface area contributed by atoms with Gasteiger partial charge in [-0.25, -0.2) is 0 Å². The summed E-state index contributed by atoms with van der Waals surface area (Å²) in [5.41, 5.74) is 0.856. The minimum Gasteiger partial charge on any atom is -0.490 e. The van der Waals surface area contributed by atoms with Gasteiger partial charge < -0.3 is 14.7 Å². The Morgan fingerprint density at radius 1 is 0.857 bits per heavy atom. The number of halogens is 2. The number of ether oxygens (including phenoxy) is 1. The summed E-state index contributed by atoms with van der Waals surface area (Å²) >= 11 is 12.1. The Labute approximate surface area is 216 Å². The number of carboxylic acid groups (broad SMARTS) is 1. The summed E-state index contributed by atoms with van der Waals surface area (Å²) in [5.74, 6) is -0.0152. The highest BCUT2D eigenvalue weighted by atomic mass is 35.5. The van der Waals surface area contributed by atoms with Gasteiger partial charge in [-0.3, -0.25) is 9.69 Å². The smallest absolute Gasteiger partial charge is 0.325 e. The molecule has 7 heteroatoms. The summed E-state index contributed by atoms with van der Waals surface area (Å²) in [5, 5.41) is 13.3. The van der Waals surface area contributed by atoms with Crippen molar-refractivity contribution in [3.8, 4) is 5.75 Å². The van der Waals surface area contributed by atoms with E-state index in [0.29, 0.717) is 16.1 Å². The zero-order valence-electron chi connectivity index (χ0n) is 19.6. The lowest BCUT2D eigenvalue weighted by molar-refractivity contribution is -0.144. The Bertz CT molecular complexity index is 1190. The van der Waals surface area contributed by atoms with Crippen LogP contribution in [0.1, 0.15) is 37.3 Å². The van der Waals surface area contributed by atoms with Crippen molar-refractivity contribution in [1.82, 2.24) is 9.80 Å². The molecule has 5 rings (SSSR count). The highest BCUT2D eigenvalue weighted by Crippen LogP contribution is 2.31. The molecule has 0 spiro atoms. The molecule has 2 aliphatic heterocycles. The molecule has 1 atom stereocenters. The van der Waals surface area contributed by atoms with E-state index in [0.717, 1.165) is 73.9 Å². The van der Waals surface area contributed by atoms with Crippen LogP contribution in [0, 0.1) is 0 Å². The third kappa shape index (κ3) is 5.59. The van der Waals surface area contributed by atoms with Crippen molar-refractivity contribution < 1.29 is 14.6 Å². The van der Waals surface area contributed by atoms with E-state index in [2.05, 4.69) is 15.9 Å². The van der Waals surface area contributed by atoms with Crippen LogP contribution in [0.25, 0.3) is 10.8 Å². The maximum absolute atomic E-state index is 12.3. The molecule has 0 aliphatic carbocycles. The van der Waals surface area contributed by atoms with Gasteiger partial charge in [0.15, 0.2) is 0 Å². The van der Waals surface area contributed by atoms with Crippen molar-refractivity contribution in [2.75, 3.05) is 26.2 Å². The number of likely N-dealkylation sites (tertiary alicyclic amines) is 2. The molecular weight excluding hydrogens is 483 g/mol. The SMILES string of the molecule is O=C(O)C(c1ccc2ccccc2c1)N1CCC(N2CCC(Oc3ccc(Cl)c(Cl)c3)CC2)CC1. The second-order valence-electron chi connectivity index (χ2n) is 9.54. The Balaban J connectivity index is 1.16. The van der Waals surface area contributed by atoms with Gasteiger partial charge in [-0.15, -0.1) is 0 Å². The first-order valence-electron chi connectivity index (χ1n) is 12.3. The minimum atomic E-state index is -0.779. The largest absolute Gasteiger partial charge is 0.490 e. The molecule has 184 valence electrons. The Morgan fingerprint density at radius 2 is 1.57 bits per heavy atom. The molecule has 0 aromatic heterocycles. The van der Waals surface area contributed by atoms with Crippen LogP contribution in [0.5, 0.6) is 5.75 Å². The molecule has 5 nitrogen and oxygen atoms in total. The Kier molecular flexibility index (Phi) is 7.49. The molecule has 0 saturated carbocycles. The summed E-state index contributed by atoms with van der Waals surface area (Å²) in [6.07, 6.45) is 4.07. The Hall–Kier alpha value is -2.31. The van der Waals surface area contributed by atoms with Gasteiger partial charge in [0, 0.05) is 38.3 Å². The molecule has 3 aromatic carbocycles. The van der Waals surface area contributed by atoms with Gasteiger partial charge in [-0.05, 0) is 60.2 Å². The van der Waals surface area contributed by atoms with Gasteiger partial charge in [0.05, 0.1) is 10.0 Å². The first-order valence-corrected chi connectivity index (χ1v) is 13.0. The van der Waals surface area contributed by atoms with Crippen LogP contribution in [0.3, 0.4) is 0 Å². The van der Waals surface area contributed by atoms with Crippen LogP contribution in [0.15, 0.2) is 60.7 Å². The molecule has 1 N–H and O–H groups in total. The molecule has 0 radical (unpaired) electrons. The third-order valence-corrected chi connectivity index (χ3v) is 8.11. The molecule has 1 unspecified atom stereocenters. The number of piperidine rings is 2. The lowest BCUT2D eigenvalue weighted by Crippen LogP contribution is -2.50. The molecule has 2 saturated heterocycles. The fraction of sp³-hybridized carbons (Fsp3) is 0.393. The number of hydrogen-bond donors (Lipinski definition) is 1. The molecule has 0 bridgehead atoms. The van der Waals surface area contributed by atoms with Gasteiger partial charge in [-0.1, -0.05) is 59.6 Å². The number of rotatable bonds is 6. The van der Waals surface area contributed by atoms with E-state index in [4.69, 9.17) is 27.9 Å². The van der Waals surface area contributed by atoms with Crippen LogP contribution in [-0.2, 0) is 4.79 Å². The van der Waals surface area contributed by atoms with Crippen LogP contribution in [0.4, 0.5) is 0 Å². The predicted octanol–water partition coefficient (Wildman–Crippen LogP) is 6.28. The molecule has 2 heterocycles. The molecule has 2 aliphatic rings. The number of aliphatic carboxylic acids is 1. The highest BCUT2D eigenvalue weighted by molar-refractivity contribution is 6.42. The minimum absolute atomic E-state index is 0.174. The van der Waals surface area contributed by atoms with E-state index >= 15 is 0 Å². The second kappa shape index (κ2) is 10.8. The van der Waals surface area contributed by atoms with E-state index in [-0.39, 0.29) is 6.10 Å². The Morgan fingerprint density at radius 3 is 2.26 bits per heavy atom. The van der Waals surface area contributed by atoms with Crippen LogP contribution in [0.2, 0.25) is 10.0 Å². The summed E-state index contributed by atoms with van der Waals surface area (Å²) in [4.78, 5) is 16.9. The fourth-order valence-electron chi connectivity index (χ4n) is 5.50. The summed E-state index contributed by atoms with van der Waals surface area (Å²) in [6, 6.07) is 19.4. The third-order valence-electron chi connectivity index (χ3n) is 7.37. The van der Waals surface area contributed by atoms with Gasteiger partial charge in [0.25, 0.3) is 0 Å². The van der Waals surface area contributed by atoms with Crippen molar-refractivity contribution >= 4 is 39.9 Å². The monoisotopic (exact) mass is 512 g/mol. The first-order chi connectivity index (χ1) is 17.0. The summed E-state index contributed by atoms with van der Waals surface area (Å²) in [6.45, 7) is 3.55. The first kappa shape index (κ1) is 24.4. The summed E-state index contributed by atoms with van der Waals surface area (Å²) in [7, 11) is 0. The number of carboxylic acids is 1. The zero-order chi connectivity index (χ0) is 24.4.